The maximum absolute atomic E-state index is 12.0. The van der Waals surface area contributed by atoms with Crippen LogP contribution in [0.4, 0.5) is 5.69 Å². The van der Waals surface area contributed by atoms with Gasteiger partial charge in [-0.05, 0) is 42.9 Å². The lowest BCUT2D eigenvalue weighted by Crippen LogP contribution is -2.45. The van der Waals surface area contributed by atoms with E-state index in [2.05, 4.69) is 16.7 Å². The van der Waals surface area contributed by atoms with Gasteiger partial charge in [0.25, 0.3) is 0 Å². The largest absolute Gasteiger partial charge is 0.391 e. The second kappa shape index (κ2) is 7.13. The van der Waals surface area contributed by atoms with E-state index in [1.165, 1.54) is 0 Å². The van der Waals surface area contributed by atoms with E-state index in [0.717, 1.165) is 55.3 Å². The van der Waals surface area contributed by atoms with E-state index in [1.807, 2.05) is 12.1 Å². The van der Waals surface area contributed by atoms with Crippen LogP contribution in [0.2, 0.25) is 0 Å². The van der Waals surface area contributed by atoms with Gasteiger partial charge in [-0.1, -0.05) is 25.0 Å². The molecule has 1 fully saturated rings. The molecule has 5 nitrogen and oxygen atoms in total. The van der Waals surface area contributed by atoms with Crippen LogP contribution in [0.5, 0.6) is 0 Å². The van der Waals surface area contributed by atoms with Gasteiger partial charge in [-0.2, -0.15) is 0 Å². The Bertz CT molecular complexity index is 600. The van der Waals surface area contributed by atoms with Gasteiger partial charge in [0, 0.05) is 12.1 Å². The Kier molecular flexibility index (Phi) is 4.96. The first kappa shape index (κ1) is 16.0. The third kappa shape index (κ3) is 4.10. The van der Waals surface area contributed by atoms with Gasteiger partial charge in [-0.25, -0.2) is 0 Å². The van der Waals surface area contributed by atoms with Crippen LogP contribution in [0.15, 0.2) is 18.2 Å². The van der Waals surface area contributed by atoms with Crippen molar-refractivity contribution in [3.05, 3.63) is 29.3 Å². The summed E-state index contributed by atoms with van der Waals surface area (Å²) < 4.78 is 0. The van der Waals surface area contributed by atoms with Gasteiger partial charge in [-0.15, -0.1) is 0 Å². The van der Waals surface area contributed by atoms with Gasteiger partial charge in [0.05, 0.1) is 18.6 Å². The Balaban J connectivity index is 1.43. The molecule has 2 atom stereocenters. The number of aliphatic hydroxyl groups is 1. The minimum Gasteiger partial charge on any atom is -0.391 e. The molecule has 1 aliphatic heterocycles. The van der Waals surface area contributed by atoms with Crippen LogP contribution >= 0.6 is 0 Å². The Morgan fingerprint density at radius 3 is 2.96 bits per heavy atom. The van der Waals surface area contributed by atoms with Crippen LogP contribution in [-0.2, 0) is 22.4 Å². The standard InChI is InChI=1S/C18H24N2O3/c21-16-6-2-1-5-15(16)20-17(22)7-3-4-12-8-9-14-13(10-12)11-18(23)19-14/h8-10,15-16,21H,1-7,11H2,(H,19,23)(H,20,22). The van der Waals surface area contributed by atoms with Gasteiger partial charge in [0.1, 0.15) is 0 Å². The summed E-state index contributed by atoms with van der Waals surface area (Å²) in [6, 6.07) is 5.92. The summed E-state index contributed by atoms with van der Waals surface area (Å²) in [4.78, 5) is 23.3. The summed E-state index contributed by atoms with van der Waals surface area (Å²) in [5.41, 5.74) is 3.11. The highest BCUT2D eigenvalue weighted by Gasteiger charge is 2.24. The van der Waals surface area contributed by atoms with Crippen molar-refractivity contribution in [1.29, 1.82) is 0 Å². The van der Waals surface area contributed by atoms with E-state index >= 15 is 0 Å². The molecule has 0 aromatic heterocycles. The number of aryl methyl sites for hydroxylation is 1. The number of fused-ring (bicyclic) bond motifs is 1. The Hall–Kier alpha value is -1.88. The molecule has 1 aromatic carbocycles. The van der Waals surface area contributed by atoms with Crippen molar-refractivity contribution in [2.75, 3.05) is 5.32 Å². The third-order valence-electron chi connectivity index (χ3n) is 4.74. The van der Waals surface area contributed by atoms with E-state index in [4.69, 9.17) is 0 Å². The smallest absolute Gasteiger partial charge is 0.228 e. The fraction of sp³-hybridized carbons (Fsp3) is 0.556. The monoisotopic (exact) mass is 316 g/mol. The molecule has 2 amide bonds. The van der Waals surface area contributed by atoms with Crippen LogP contribution in [0.25, 0.3) is 0 Å². The van der Waals surface area contributed by atoms with Crippen molar-refractivity contribution >= 4 is 17.5 Å². The first-order valence-corrected chi connectivity index (χ1v) is 8.51. The van der Waals surface area contributed by atoms with Gasteiger partial charge in [-0.3, -0.25) is 9.59 Å². The molecule has 124 valence electrons. The van der Waals surface area contributed by atoms with Crippen molar-refractivity contribution in [1.82, 2.24) is 5.32 Å². The van der Waals surface area contributed by atoms with Crippen LogP contribution < -0.4 is 10.6 Å². The fourth-order valence-electron chi connectivity index (χ4n) is 3.45. The summed E-state index contributed by atoms with van der Waals surface area (Å²) in [6.45, 7) is 0. The zero-order valence-electron chi connectivity index (χ0n) is 13.3. The molecule has 3 N–H and O–H groups in total. The molecule has 1 aromatic rings. The van der Waals surface area contributed by atoms with E-state index in [1.54, 1.807) is 0 Å². The number of hydrogen-bond donors (Lipinski definition) is 3. The van der Waals surface area contributed by atoms with E-state index in [-0.39, 0.29) is 17.9 Å². The molecule has 0 bridgehead atoms. The topological polar surface area (TPSA) is 78.4 Å². The fourth-order valence-corrected chi connectivity index (χ4v) is 3.45. The zero-order valence-corrected chi connectivity index (χ0v) is 13.3. The predicted molar refractivity (Wildman–Crippen MR) is 88.1 cm³/mol. The number of rotatable bonds is 5. The molecular weight excluding hydrogens is 292 g/mol. The maximum Gasteiger partial charge on any atom is 0.228 e. The summed E-state index contributed by atoms with van der Waals surface area (Å²) >= 11 is 0. The molecule has 0 radical (unpaired) electrons. The van der Waals surface area contributed by atoms with Crippen molar-refractivity contribution < 1.29 is 14.7 Å². The van der Waals surface area contributed by atoms with Gasteiger partial charge in [0.2, 0.25) is 11.8 Å². The van der Waals surface area contributed by atoms with Gasteiger partial charge in [0.15, 0.2) is 0 Å². The third-order valence-corrected chi connectivity index (χ3v) is 4.74. The molecule has 1 saturated carbocycles. The molecule has 23 heavy (non-hydrogen) atoms. The van der Waals surface area contributed by atoms with Crippen LogP contribution in [0.1, 0.15) is 49.7 Å². The second-order valence-electron chi connectivity index (χ2n) is 6.60. The first-order chi connectivity index (χ1) is 11.1. The number of carbonyl (C=O) groups is 2. The summed E-state index contributed by atoms with van der Waals surface area (Å²) in [5.74, 6) is 0.0662. The maximum atomic E-state index is 12.0. The quantitative estimate of drug-likeness (QED) is 0.776. The normalized spacial score (nSPS) is 23.3. The molecule has 0 saturated heterocycles. The summed E-state index contributed by atoms with van der Waals surface area (Å²) in [5, 5.41) is 15.7. The number of benzene rings is 1. The molecule has 3 rings (SSSR count). The lowest BCUT2D eigenvalue weighted by Gasteiger charge is -2.28. The lowest BCUT2D eigenvalue weighted by atomic mass is 9.92. The highest BCUT2D eigenvalue weighted by atomic mass is 16.3. The number of aliphatic hydroxyl groups excluding tert-OH is 1. The van der Waals surface area contributed by atoms with Crippen molar-refractivity contribution in [3.63, 3.8) is 0 Å². The van der Waals surface area contributed by atoms with Crippen molar-refractivity contribution in [2.24, 2.45) is 0 Å². The first-order valence-electron chi connectivity index (χ1n) is 8.51. The summed E-state index contributed by atoms with van der Waals surface area (Å²) in [6.07, 6.45) is 5.89. The second-order valence-corrected chi connectivity index (χ2v) is 6.60. The molecule has 2 unspecified atom stereocenters. The van der Waals surface area contributed by atoms with E-state index in [0.29, 0.717) is 12.8 Å². The molecule has 5 heteroatoms. The van der Waals surface area contributed by atoms with Crippen LogP contribution in [0, 0.1) is 0 Å². The van der Waals surface area contributed by atoms with Crippen LogP contribution in [0.3, 0.4) is 0 Å². The number of nitrogens with one attached hydrogen (secondary N) is 2. The highest BCUT2D eigenvalue weighted by Crippen LogP contribution is 2.24. The Morgan fingerprint density at radius 1 is 1.30 bits per heavy atom. The number of amides is 2. The number of anilines is 1. The van der Waals surface area contributed by atoms with Crippen molar-refractivity contribution in [2.45, 2.75) is 63.5 Å². The molecule has 0 spiro atoms. The Morgan fingerprint density at radius 2 is 2.13 bits per heavy atom. The molecule has 1 aliphatic carbocycles. The van der Waals surface area contributed by atoms with Crippen LogP contribution in [-0.4, -0.2) is 29.1 Å². The van der Waals surface area contributed by atoms with Gasteiger partial charge >= 0.3 is 0 Å². The minimum atomic E-state index is -0.394. The number of hydrogen-bond acceptors (Lipinski definition) is 3. The van der Waals surface area contributed by atoms with E-state index in [9.17, 15) is 14.7 Å². The SMILES string of the molecule is O=C1Cc2cc(CCCC(=O)NC3CCCCC3O)ccc2N1. The molecule has 2 aliphatic rings. The van der Waals surface area contributed by atoms with Crippen molar-refractivity contribution in [3.8, 4) is 0 Å². The lowest BCUT2D eigenvalue weighted by molar-refractivity contribution is -0.123. The average Bonchev–Trinajstić information content (AvgIpc) is 2.89. The summed E-state index contributed by atoms with van der Waals surface area (Å²) in [7, 11) is 0. The highest BCUT2D eigenvalue weighted by molar-refractivity contribution is 5.99. The molecule has 1 heterocycles. The van der Waals surface area contributed by atoms with Gasteiger partial charge < -0.3 is 15.7 Å². The predicted octanol–water partition coefficient (Wildman–Crippen LogP) is 1.92. The van der Waals surface area contributed by atoms with E-state index < -0.39 is 6.10 Å². The zero-order chi connectivity index (χ0) is 16.2. The minimum absolute atomic E-state index is 0.0222. The number of carbonyl (C=O) groups excluding carboxylic acids is 2. The molecular formula is C18H24N2O3. The average molecular weight is 316 g/mol. The Labute approximate surface area is 136 Å².